The van der Waals surface area contributed by atoms with Crippen molar-refractivity contribution in [2.45, 2.75) is 52.2 Å². The highest BCUT2D eigenvalue weighted by molar-refractivity contribution is 5.89. The van der Waals surface area contributed by atoms with Crippen LogP contribution in [0.2, 0.25) is 0 Å². The summed E-state index contributed by atoms with van der Waals surface area (Å²) in [5.74, 6) is -1.01. The third-order valence-electron chi connectivity index (χ3n) is 2.82. The van der Waals surface area contributed by atoms with Crippen LogP contribution in [0.1, 0.15) is 41.0 Å². The van der Waals surface area contributed by atoms with E-state index >= 15 is 0 Å². The molecule has 0 aromatic heterocycles. The first kappa shape index (κ1) is 12.8. The predicted molar refractivity (Wildman–Crippen MR) is 58.1 cm³/mol. The molecule has 1 saturated carbocycles. The minimum Gasteiger partial charge on any atom is -0.479 e. The molecule has 1 rings (SSSR count). The second-order valence-electron chi connectivity index (χ2n) is 5.90. The molecule has 0 spiro atoms. The van der Waals surface area contributed by atoms with Gasteiger partial charge < -0.3 is 15.2 Å². The SMILES string of the molecule is CC(C)(C)OC(=O)N[C@]1(C(=O)O)CC1(C)C. The smallest absolute Gasteiger partial charge is 0.408 e. The molecule has 16 heavy (non-hydrogen) atoms. The lowest BCUT2D eigenvalue weighted by atomic mass is 10.1. The number of carboxylic acids is 1. The van der Waals surface area contributed by atoms with Gasteiger partial charge in [0.1, 0.15) is 11.1 Å². The number of carbonyl (C=O) groups is 2. The summed E-state index contributed by atoms with van der Waals surface area (Å²) in [6, 6.07) is 0. The molecule has 0 unspecified atom stereocenters. The Morgan fingerprint density at radius 1 is 1.31 bits per heavy atom. The summed E-state index contributed by atoms with van der Waals surface area (Å²) in [6.45, 7) is 8.81. The van der Waals surface area contributed by atoms with Crippen LogP contribution < -0.4 is 5.32 Å². The van der Waals surface area contributed by atoms with E-state index in [1.165, 1.54) is 0 Å². The van der Waals surface area contributed by atoms with Gasteiger partial charge in [-0.3, -0.25) is 0 Å². The van der Waals surface area contributed by atoms with E-state index in [2.05, 4.69) is 5.32 Å². The summed E-state index contributed by atoms with van der Waals surface area (Å²) < 4.78 is 5.04. The Morgan fingerprint density at radius 3 is 2.00 bits per heavy atom. The number of aliphatic carboxylic acids is 1. The van der Waals surface area contributed by atoms with E-state index in [-0.39, 0.29) is 0 Å². The Hall–Kier alpha value is -1.26. The third-order valence-corrected chi connectivity index (χ3v) is 2.82. The lowest BCUT2D eigenvalue weighted by Crippen LogP contribution is -2.48. The van der Waals surface area contributed by atoms with Crippen molar-refractivity contribution in [2.75, 3.05) is 0 Å². The second-order valence-corrected chi connectivity index (χ2v) is 5.90. The summed E-state index contributed by atoms with van der Waals surface area (Å²) in [4.78, 5) is 22.6. The van der Waals surface area contributed by atoms with Crippen LogP contribution in [0.5, 0.6) is 0 Å². The first-order valence-electron chi connectivity index (χ1n) is 5.25. The molecule has 0 aromatic carbocycles. The van der Waals surface area contributed by atoms with Gasteiger partial charge in [-0.25, -0.2) is 9.59 Å². The van der Waals surface area contributed by atoms with Crippen molar-refractivity contribution >= 4 is 12.1 Å². The van der Waals surface area contributed by atoms with Gasteiger partial charge in [-0.15, -0.1) is 0 Å². The number of ether oxygens (including phenoxy) is 1. The molecule has 1 amide bonds. The number of nitrogens with one attached hydrogen (secondary N) is 1. The Labute approximate surface area is 95.2 Å². The molecule has 0 aromatic rings. The predicted octanol–water partition coefficient (Wildman–Crippen LogP) is 1.76. The molecule has 1 fully saturated rings. The highest BCUT2D eigenvalue weighted by atomic mass is 16.6. The molecule has 0 saturated heterocycles. The van der Waals surface area contributed by atoms with E-state index in [0.717, 1.165) is 0 Å². The van der Waals surface area contributed by atoms with Crippen molar-refractivity contribution in [3.05, 3.63) is 0 Å². The zero-order valence-corrected chi connectivity index (χ0v) is 10.4. The molecular weight excluding hydrogens is 210 g/mol. The molecule has 0 radical (unpaired) electrons. The van der Waals surface area contributed by atoms with E-state index in [0.29, 0.717) is 6.42 Å². The van der Waals surface area contributed by atoms with Crippen LogP contribution in [-0.2, 0) is 9.53 Å². The molecule has 1 aliphatic rings. The molecule has 0 bridgehead atoms. The van der Waals surface area contributed by atoms with Gasteiger partial charge in [0.2, 0.25) is 0 Å². The summed E-state index contributed by atoms with van der Waals surface area (Å²) in [5.41, 5.74) is -2.21. The van der Waals surface area contributed by atoms with Crippen LogP contribution in [-0.4, -0.2) is 28.3 Å². The number of hydrogen-bond acceptors (Lipinski definition) is 3. The van der Waals surface area contributed by atoms with Gasteiger partial charge in [0, 0.05) is 5.41 Å². The normalized spacial score (nSPS) is 27.1. The first-order valence-corrected chi connectivity index (χ1v) is 5.25. The van der Waals surface area contributed by atoms with Crippen LogP contribution in [0.25, 0.3) is 0 Å². The van der Waals surface area contributed by atoms with E-state index in [1.807, 2.05) is 0 Å². The summed E-state index contributed by atoms with van der Waals surface area (Å²) in [7, 11) is 0. The lowest BCUT2D eigenvalue weighted by molar-refractivity contribution is -0.141. The van der Waals surface area contributed by atoms with Gasteiger partial charge in [0.25, 0.3) is 0 Å². The number of hydrogen-bond donors (Lipinski definition) is 2. The maximum Gasteiger partial charge on any atom is 0.408 e. The molecule has 92 valence electrons. The van der Waals surface area contributed by atoms with Crippen LogP contribution in [0.15, 0.2) is 0 Å². The van der Waals surface area contributed by atoms with E-state index in [1.54, 1.807) is 34.6 Å². The summed E-state index contributed by atoms with van der Waals surface area (Å²) in [6.07, 6.45) is -0.255. The van der Waals surface area contributed by atoms with Crippen LogP contribution in [0.4, 0.5) is 4.79 Å². The highest BCUT2D eigenvalue weighted by Gasteiger charge is 2.68. The Kier molecular flexibility index (Phi) is 2.69. The van der Waals surface area contributed by atoms with E-state index in [9.17, 15) is 9.59 Å². The quantitative estimate of drug-likeness (QED) is 0.756. The Balaban J connectivity index is 2.67. The van der Waals surface area contributed by atoms with Crippen molar-refractivity contribution in [3.63, 3.8) is 0 Å². The van der Waals surface area contributed by atoms with Gasteiger partial charge >= 0.3 is 12.1 Å². The fourth-order valence-corrected chi connectivity index (χ4v) is 1.73. The third kappa shape index (κ3) is 2.28. The molecular formula is C11H19NO4. The van der Waals surface area contributed by atoms with Gasteiger partial charge in [-0.2, -0.15) is 0 Å². The van der Waals surface area contributed by atoms with Crippen LogP contribution in [0, 0.1) is 5.41 Å². The molecule has 5 nitrogen and oxygen atoms in total. The zero-order chi connectivity index (χ0) is 12.8. The van der Waals surface area contributed by atoms with Gasteiger partial charge in [-0.1, -0.05) is 13.8 Å². The molecule has 0 aliphatic heterocycles. The van der Waals surface area contributed by atoms with Gasteiger partial charge in [0.05, 0.1) is 0 Å². The maximum absolute atomic E-state index is 11.5. The highest BCUT2D eigenvalue weighted by Crippen LogP contribution is 2.55. The average Bonchev–Trinajstić information content (AvgIpc) is 2.49. The number of amides is 1. The van der Waals surface area contributed by atoms with Crippen molar-refractivity contribution in [2.24, 2.45) is 5.41 Å². The van der Waals surface area contributed by atoms with Crippen molar-refractivity contribution in [3.8, 4) is 0 Å². The van der Waals surface area contributed by atoms with E-state index in [4.69, 9.17) is 9.84 Å². The van der Waals surface area contributed by atoms with Crippen LogP contribution in [0.3, 0.4) is 0 Å². The molecule has 0 heterocycles. The number of alkyl carbamates (subject to hydrolysis) is 1. The zero-order valence-electron chi connectivity index (χ0n) is 10.4. The number of carboxylic acid groups (broad SMARTS) is 1. The van der Waals surface area contributed by atoms with Crippen molar-refractivity contribution in [1.29, 1.82) is 0 Å². The molecule has 1 atom stereocenters. The topological polar surface area (TPSA) is 75.6 Å². The lowest BCUT2D eigenvalue weighted by Gasteiger charge is -2.23. The second kappa shape index (κ2) is 3.37. The fourth-order valence-electron chi connectivity index (χ4n) is 1.73. The first-order chi connectivity index (χ1) is 7.00. The molecule has 2 N–H and O–H groups in total. The standard InChI is InChI=1S/C11H19NO4/c1-9(2,3)16-8(15)12-11(7(13)14)6-10(11,4)5/h6H2,1-5H3,(H,12,15)(H,13,14)/t11-/m0/s1. The van der Waals surface area contributed by atoms with Gasteiger partial charge in [-0.05, 0) is 27.2 Å². The summed E-state index contributed by atoms with van der Waals surface area (Å²) in [5, 5.41) is 11.6. The maximum atomic E-state index is 11.5. The van der Waals surface area contributed by atoms with Crippen LogP contribution >= 0.6 is 0 Å². The van der Waals surface area contributed by atoms with Crippen molar-refractivity contribution < 1.29 is 19.4 Å². The Bertz CT molecular complexity index is 329. The average molecular weight is 229 g/mol. The molecule has 5 heteroatoms. The largest absolute Gasteiger partial charge is 0.479 e. The fraction of sp³-hybridized carbons (Fsp3) is 0.818. The molecule has 1 aliphatic carbocycles. The number of rotatable bonds is 2. The summed E-state index contributed by atoms with van der Waals surface area (Å²) >= 11 is 0. The monoisotopic (exact) mass is 229 g/mol. The minimum absolute atomic E-state index is 0.421. The van der Waals surface area contributed by atoms with E-state index < -0.39 is 28.6 Å². The number of carbonyl (C=O) groups excluding carboxylic acids is 1. The Morgan fingerprint density at radius 2 is 1.75 bits per heavy atom. The van der Waals surface area contributed by atoms with Crippen molar-refractivity contribution in [1.82, 2.24) is 5.32 Å². The van der Waals surface area contributed by atoms with Gasteiger partial charge in [0.15, 0.2) is 0 Å². The minimum atomic E-state index is -1.17.